The highest BCUT2D eigenvalue weighted by Crippen LogP contribution is 2.43. The molecule has 0 aliphatic carbocycles. The van der Waals surface area contributed by atoms with Crippen molar-refractivity contribution in [2.75, 3.05) is 0 Å². The SMILES string of the molecule is CCC(C)(C)C(C)(C)CC.CCCC(=O)c1cc(C)c2ccccc2n1. The Labute approximate surface area is 160 Å². The molecule has 2 heteroatoms. The molecule has 0 aliphatic rings. The van der Waals surface area contributed by atoms with E-state index in [1.165, 1.54) is 12.8 Å². The number of nitrogens with zero attached hydrogens (tertiary/aromatic N) is 1. The number of hydrogen-bond donors (Lipinski definition) is 0. The Morgan fingerprint density at radius 3 is 2.00 bits per heavy atom. The second-order valence-electron chi connectivity index (χ2n) is 8.49. The van der Waals surface area contributed by atoms with Crippen molar-refractivity contribution in [1.29, 1.82) is 0 Å². The van der Waals surface area contributed by atoms with Gasteiger partial charge >= 0.3 is 0 Å². The normalized spacial score (nSPS) is 11.8. The van der Waals surface area contributed by atoms with Crippen LogP contribution in [0, 0.1) is 17.8 Å². The molecule has 1 heterocycles. The number of aromatic nitrogens is 1. The van der Waals surface area contributed by atoms with Gasteiger partial charge in [-0.15, -0.1) is 0 Å². The van der Waals surface area contributed by atoms with Crippen LogP contribution in [0.25, 0.3) is 10.9 Å². The number of pyridine rings is 1. The molecule has 0 N–H and O–H groups in total. The van der Waals surface area contributed by atoms with Crippen molar-refractivity contribution in [3.63, 3.8) is 0 Å². The van der Waals surface area contributed by atoms with E-state index in [-0.39, 0.29) is 5.78 Å². The van der Waals surface area contributed by atoms with Crippen molar-refractivity contribution in [1.82, 2.24) is 4.98 Å². The molecule has 1 aromatic heterocycles. The molecule has 2 nitrogen and oxygen atoms in total. The quantitative estimate of drug-likeness (QED) is 0.506. The predicted octanol–water partition coefficient (Wildman–Crippen LogP) is 7.38. The third-order valence-corrected chi connectivity index (χ3v) is 6.29. The van der Waals surface area contributed by atoms with E-state index in [1.54, 1.807) is 0 Å². The Morgan fingerprint density at radius 1 is 0.962 bits per heavy atom. The first-order valence-corrected chi connectivity index (χ1v) is 9.99. The third kappa shape index (κ3) is 5.40. The number of carbonyl (C=O) groups is 1. The Kier molecular flexibility index (Phi) is 7.99. The lowest BCUT2D eigenvalue weighted by atomic mass is 9.65. The number of ketones is 1. The monoisotopic (exact) mass is 355 g/mol. The van der Waals surface area contributed by atoms with Crippen LogP contribution in [0.4, 0.5) is 0 Å². The fourth-order valence-corrected chi connectivity index (χ4v) is 2.80. The summed E-state index contributed by atoms with van der Waals surface area (Å²) in [6, 6.07) is 9.81. The van der Waals surface area contributed by atoms with E-state index in [4.69, 9.17) is 0 Å². The first-order chi connectivity index (χ1) is 12.1. The largest absolute Gasteiger partial charge is 0.292 e. The molecular weight excluding hydrogens is 318 g/mol. The van der Waals surface area contributed by atoms with Gasteiger partial charge in [0.15, 0.2) is 5.78 Å². The fourth-order valence-electron chi connectivity index (χ4n) is 2.80. The molecule has 1 aromatic carbocycles. The van der Waals surface area contributed by atoms with Crippen molar-refractivity contribution in [3.8, 4) is 0 Å². The zero-order valence-corrected chi connectivity index (χ0v) is 18.1. The van der Waals surface area contributed by atoms with Crippen LogP contribution < -0.4 is 0 Å². The van der Waals surface area contributed by atoms with E-state index in [0.29, 0.717) is 22.9 Å². The molecule has 2 rings (SSSR count). The summed E-state index contributed by atoms with van der Waals surface area (Å²) in [4.78, 5) is 16.2. The van der Waals surface area contributed by atoms with E-state index in [0.717, 1.165) is 22.9 Å². The molecule has 0 unspecified atom stereocenters. The summed E-state index contributed by atoms with van der Waals surface area (Å²) in [5, 5.41) is 1.12. The second kappa shape index (κ2) is 9.30. The van der Waals surface area contributed by atoms with Crippen LogP contribution in [0.5, 0.6) is 0 Å². The molecular formula is C24H37NO. The summed E-state index contributed by atoms with van der Waals surface area (Å²) in [6.45, 7) is 18.0. The maximum atomic E-state index is 11.8. The van der Waals surface area contributed by atoms with Crippen LogP contribution in [0.1, 0.15) is 90.2 Å². The van der Waals surface area contributed by atoms with Gasteiger partial charge in [0.1, 0.15) is 5.69 Å². The Morgan fingerprint density at radius 2 is 1.50 bits per heavy atom. The molecule has 0 saturated carbocycles. The molecule has 0 amide bonds. The number of Topliss-reactive ketones (excluding diaryl/α,β-unsaturated/α-hetero) is 1. The number of carbonyl (C=O) groups excluding carboxylic acids is 1. The highest BCUT2D eigenvalue weighted by Gasteiger charge is 2.33. The lowest BCUT2D eigenvalue weighted by Gasteiger charge is -2.40. The van der Waals surface area contributed by atoms with Gasteiger partial charge in [0.2, 0.25) is 0 Å². The predicted molar refractivity (Wildman–Crippen MR) is 114 cm³/mol. The number of fused-ring (bicyclic) bond motifs is 1. The van der Waals surface area contributed by atoms with Gasteiger partial charge in [-0.3, -0.25) is 4.79 Å². The van der Waals surface area contributed by atoms with E-state index < -0.39 is 0 Å². The topological polar surface area (TPSA) is 30.0 Å². The standard InChI is InChI=1S/C14H15NO.C10H22/c1-3-6-14(16)13-9-10(2)11-7-4-5-8-12(11)15-13;1-7-9(3,4)10(5,6)8-2/h4-5,7-9H,3,6H2,1-2H3;7-8H2,1-6H3. The first-order valence-electron chi connectivity index (χ1n) is 9.99. The van der Waals surface area contributed by atoms with Gasteiger partial charge in [-0.05, 0) is 41.9 Å². The van der Waals surface area contributed by atoms with Gasteiger partial charge in [-0.25, -0.2) is 4.98 Å². The minimum atomic E-state index is 0.136. The molecule has 144 valence electrons. The molecule has 26 heavy (non-hydrogen) atoms. The summed E-state index contributed by atoms with van der Waals surface area (Å²) in [6.07, 6.45) is 3.98. The Bertz CT molecular complexity index is 714. The van der Waals surface area contributed by atoms with Crippen molar-refractivity contribution in [2.24, 2.45) is 10.8 Å². The van der Waals surface area contributed by atoms with E-state index in [1.807, 2.05) is 44.2 Å². The number of hydrogen-bond acceptors (Lipinski definition) is 2. The lowest BCUT2D eigenvalue weighted by molar-refractivity contribution is 0.0977. The molecule has 0 aliphatic heterocycles. The maximum absolute atomic E-state index is 11.8. The van der Waals surface area contributed by atoms with Gasteiger partial charge < -0.3 is 0 Å². The minimum absolute atomic E-state index is 0.136. The first kappa shape index (κ1) is 22.3. The molecule has 0 spiro atoms. The van der Waals surface area contributed by atoms with Gasteiger partial charge in [0.05, 0.1) is 5.52 Å². The van der Waals surface area contributed by atoms with Crippen molar-refractivity contribution >= 4 is 16.7 Å². The van der Waals surface area contributed by atoms with Crippen LogP contribution in [0.15, 0.2) is 30.3 Å². The molecule has 0 atom stereocenters. The average molecular weight is 356 g/mol. The molecule has 0 saturated heterocycles. The van der Waals surface area contributed by atoms with Crippen LogP contribution in [-0.4, -0.2) is 10.8 Å². The third-order valence-electron chi connectivity index (χ3n) is 6.29. The summed E-state index contributed by atoms with van der Waals surface area (Å²) in [5.74, 6) is 0.136. The van der Waals surface area contributed by atoms with Gasteiger partial charge in [0.25, 0.3) is 0 Å². The zero-order chi connectivity index (χ0) is 20.0. The van der Waals surface area contributed by atoms with Crippen LogP contribution in [0.2, 0.25) is 0 Å². The molecule has 0 bridgehead atoms. The second-order valence-corrected chi connectivity index (χ2v) is 8.49. The van der Waals surface area contributed by atoms with E-state index >= 15 is 0 Å². The average Bonchev–Trinajstić information content (AvgIpc) is 2.62. The number of aryl methyl sites for hydroxylation is 1. The highest BCUT2D eigenvalue weighted by atomic mass is 16.1. The van der Waals surface area contributed by atoms with Crippen molar-refractivity contribution in [3.05, 3.63) is 41.6 Å². The zero-order valence-electron chi connectivity index (χ0n) is 18.1. The number of rotatable bonds is 6. The summed E-state index contributed by atoms with van der Waals surface area (Å²) in [7, 11) is 0. The smallest absolute Gasteiger partial charge is 0.181 e. The van der Waals surface area contributed by atoms with Crippen LogP contribution in [-0.2, 0) is 0 Å². The van der Waals surface area contributed by atoms with E-state index in [9.17, 15) is 4.79 Å². The number of benzene rings is 1. The van der Waals surface area contributed by atoms with Crippen LogP contribution >= 0.6 is 0 Å². The van der Waals surface area contributed by atoms with Gasteiger partial charge in [0, 0.05) is 11.8 Å². The van der Waals surface area contributed by atoms with Crippen molar-refractivity contribution in [2.45, 2.75) is 81.1 Å². The summed E-state index contributed by atoms with van der Waals surface area (Å²) < 4.78 is 0. The Balaban J connectivity index is 0.000000294. The molecule has 0 radical (unpaired) electrons. The summed E-state index contributed by atoms with van der Waals surface area (Å²) >= 11 is 0. The highest BCUT2D eigenvalue weighted by molar-refractivity contribution is 5.97. The molecule has 2 aromatic rings. The summed E-state index contributed by atoms with van der Waals surface area (Å²) in [5.41, 5.74) is 3.59. The van der Waals surface area contributed by atoms with E-state index in [2.05, 4.69) is 46.5 Å². The molecule has 0 fully saturated rings. The van der Waals surface area contributed by atoms with Gasteiger partial charge in [-0.2, -0.15) is 0 Å². The number of para-hydroxylation sites is 1. The van der Waals surface area contributed by atoms with Crippen LogP contribution in [0.3, 0.4) is 0 Å². The fraction of sp³-hybridized carbons (Fsp3) is 0.583. The van der Waals surface area contributed by atoms with Gasteiger partial charge in [-0.1, -0.05) is 79.5 Å². The maximum Gasteiger partial charge on any atom is 0.181 e. The van der Waals surface area contributed by atoms with Crippen molar-refractivity contribution < 1.29 is 4.79 Å². The minimum Gasteiger partial charge on any atom is -0.292 e. The lowest BCUT2D eigenvalue weighted by Crippen LogP contribution is -2.30. The Hall–Kier alpha value is -1.70.